The van der Waals surface area contributed by atoms with Crippen molar-refractivity contribution in [3.8, 4) is 11.4 Å². The highest BCUT2D eigenvalue weighted by molar-refractivity contribution is 5.60. The molecule has 154 valence electrons. The van der Waals surface area contributed by atoms with Gasteiger partial charge >= 0.3 is 0 Å². The van der Waals surface area contributed by atoms with Gasteiger partial charge in [0.2, 0.25) is 11.8 Å². The molecule has 0 amide bonds. The van der Waals surface area contributed by atoms with E-state index in [1.807, 2.05) is 39.0 Å². The Labute approximate surface area is 171 Å². The molecule has 0 N–H and O–H groups in total. The molecule has 8 heteroatoms. The Balaban J connectivity index is 1.55. The minimum atomic E-state index is 0.270. The van der Waals surface area contributed by atoms with E-state index in [4.69, 9.17) is 9.15 Å². The average molecular weight is 396 g/mol. The molecule has 29 heavy (non-hydrogen) atoms. The Morgan fingerprint density at radius 2 is 2.03 bits per heavy atom. The van der Waals surface area contributed by atoms with E-state index in [1.165, 1.54) is 0 Å². The van der Waals surface area contributed by atoms with Crippen molar-refractivity contribution in [3.63, 3.8) is 0 Å². The Bertz CT molecular complexity index is 944. The van der Waals surface area contributed by atoms with Crippen molar-refractivity contribution in [3.05, 3.63) is 47.4 Å². The zero-order valence-corrected chi connectivity index (χ0v) is 17.5. The van der Waals surface area contributed by atoms with Gasteiger partial charge in [-0.15, -0.1) is 25.2 Å². The fourth-order valence-corrected chi connectivity index (χ4v) is 2.82. The number of hydrogen-bond donors (Lipinski definition) is 0. The maximum absolute atomic E-state index is 5.64. The molecule has 0 unspecified atom stereocenters. The highest BCUT2D eigenvalue weighted by Gasteiger charge is 2.09. The van der Waals surface area contributed by atoms with E-state index in [2.05, 4.69) is 37.8 Å². The first-order valence-electron chi connectivity index (χ1n) is 10.1. The fourth-order valence-electron chi connectivity index (χ4n) is 2.82. The molecular weight excluding hydrogens is 368 g/mol. The van der Waals surface area contributed by atoms with Gasteiger partial charge in [0.25, 0.3) is 0 Å². The lowest BCUT2D eigenvalue weighted by Gasteiger charge is -2.07. The second-order valence-corrected chi connectivity index (χ2v) is 7.11. The maximum atomic E-state index is 5.64. The number of benzene rings is 1. The molecule has 0 fully saturated rings. The van der Waals surface area contributed by atoms with Crippen LogP contribution in [-0.2, 0) is 12.8 Å². The number of rotatable bonds is 10. The maximum Gasteiger partial charge on any atom is 0.219 e. The summed E-state index contributed by atoms with van der Waals surface area (Å²) in [5, 5.41) is 20.7. The summed E-state index contributed by atoms with van der Waals surface area (Å²) in [7, 11) is 1.67. The summed E-state index contributed by atoms with van der Waals surface area (Å²) < 4.78 is 11.1. The standard InChI is InChI=1S/C21H28N6O2/c1-5-19-22-26-27(25-19)17-12-13-18(28-4)16(14-17)10-8-6-7-9-11-20-23-24-21(29-20)15(2)3/h8,10,12-15H,5-7,9,11H2,1-4H3/b10-8+. The minimum Gasteiger partial charge on any atom is -0.496 e. The largest absolute Gasteiger partial charge is 0.496 e. The van der Waals surface area contributed by atoms with Crippen LogP contribution < -0.4 is 4.74 Å². The molecule has 0 atom stereocenters. The van der Waals surface area contributed by atoms with E-state index in [0.717, 1.165) is 60.8 Å². The Morgan fingerprint density at radius 1 is 1.17 bits per heavy atom. The Hall–Kier alpha value is -3.03. The topological polar surface area (TPSA) is 91.8 Å². The summed E-state index contributed by atoms with van der Waals surface area (Å²) in [5.74, 6) is 3.23. The number of hydrogen-bond acceptors (Lipinski definition) is 7. The first-order chi connectivity index (χ1) is 14.1. The molecule has 0 aliphatic rings. The number of aromatic nitrogens is 6. The highest BCUT2D eigenvalue weighted by atomic mass is 16.5. The van der Waals surface area contributed by atoms with E-state index >= 15 is 0 Å². The van der Waals surface area contributed by atoms with Gasteiger partial charge in [-0.25, -0.2) is 0 Å². The predicted octanol–water partition coefficient (Wildman–Crippen LogP) is 4.17. The van der Waals surface area contributed by atoms with E-state index in [1.54, 1.807) is 11.9 Å². The monoisotopic (exact) mass is 396 g/mol. The van der Waals surface area contributed by atoms with Gasteiger partial charge in [0.05, 0.1) is 12.8 Å². The molecular formula is C21H28N6O2. The second kappa shape index (κ2) is 9.95. The van der Waals surface area contributed by atoms with Crippen molar-refractivity contribution in [2.24, 2.45) is 0 Å². The third kappa shape index (κ3) is 5.49. The number of nitrogens with zero attached hydrogens (tertiary/aromatic N) is 6. The van der Waals surface area contributed by atoms with Crippen LogP contribution in [0.3, 0.4) is 0 Å². The summed E-state index contributed by atoms with van der Waals surface area (Å²) in [6.45, 7) is 6.10. The van der Waals surface area contributed by atoms with Crippen LogP contribution in [0.1, 0.15) is 69.1 Å². The zero-order valence-electron chi connectivity index (χ0n) is 17.5. The van der Waals surface area contributed by atoms with Crippen LogP contribution in [0.2, 0.25) is 0 Å². The van der Waals surface area contributed by atoms with Crippen LogP contribution in [-0.4, -0.2) is 37.5 Å². The van der Waals surface area contributed by atoms with Crippen LogP contribution in [0.15, 0.2) is 28.7 Å². The number of methoxy groups -OCH3 is 1. The van der Waals surface area contributed by atoms with E-state index in [0.29, 0.717) is 5.89 Å². The smallest absolute Gasteiger partial charge is 0.219 e. The Morgan fingerprint density at radius 3 is 2.72 bits per heavy atom. The zero-order chi connectivity index (χ0) is 20.6. The minimum absolute atomic E-state index is 0.270. The fraction of sp³-hybridized carbons (Fsp3) is 0.476. The van der Waals surface area contributed by atoms with Crippen LogP contribution in [0, 0.1) is 0 Å². The lowest BCUT2D eigenvalue weighted by molar-refractivity contribution is 0.413. The SMILES string of the molecule is CCc1nnn(-c2ccc(OC)c(/C=C/CCCCc3nnc(C(C)C)o3)c2)n1. The van der Waals surface area contributed by atoms with Crippen LogP contribution in [0.25, 0.3) is 11.8 Å². The van der Waals surface area contributed by atoms with Gasteiger partial charge in [-0.1, -0.05) is 32.9 Å². The number of tetrazole rings is 1. The lowest BCUT2D eigenvalue weighted by Crippen LogP contribution is -2.00. The van der Waals surface area contributed by atoms with Crippen molar-refractivity contribution < 1.29 is 9.15 Å². The molecule has 0 saturated carbocycles. The lowest BCUT2D eigenvalue weighted by atomic mass is 10.1. The summed E-state index contributed by atoms with van der Waals surface area (Å²) in [4.78, 5) is 1.55. The summed E-state index contributed by atoms with van der Waals surface area (Å²) >= 11 is 0. The third-order valence-corrected chi connectivity index (χ3v) is 4.50. The summed E-state index contributed by atoms with van der Waals surface area (Å²) in [5.41, 5.74) is 1.84. The Kier molecular flexibility index (Phi) is 7.10. The summed E-state index contributed by atoms with van der Waals surface area (Å²) in [6.07, 6.45) is 8.80. The van der Waals surface area contributed by atoms with Gasteiger partial charge in [0.15, 0.2) is 5.82 Å². The third-order valence-electron chi connectivity index (χ3n) is 4.50. The number of aryl methyl sites for hydroxylation is 2. The van der Waals surface area contributed by atoms with Crippen LogP contribution in [0.5, 0.6) is 5.75 Å². The molecule has 0 aliphatic heterocycles. The predicted molar refractivity (Wildman–Crippen MR) is 110 cm³/mol. The van der Waals surface area contributed by atoms with Crippen molar-refractivity contribution in [1.29, 1.82) is 0 Å². The number of allylic oxidation sites excluding steroid dienone is 1. The van der Waals surface area contributed by atoms with Gasteiger partial charge in [-0.05, 0) is 42.7 Å². The van der Waals surface area contributed by atoms with E-state index in [9.17, 15) is 0 Å². The molecule has 0 bridgehead atoms. The van der Waals surface area contributed by atoms with Crippen molar-refractivity contribution in [1.82, 2.24) is 30.4 Å². The normalized spacial score (nSPS) is 11.6. The first kappa shape index (κ1) is 20.7. The molecule has 3 rings (SSSR count). The van der Waals surface area contributed by atoms with E-state index < -0.39 is 0 Å². The van der Waals surface area contributed by atoms with Gasteiger partial charge in [-0.3, -0.25) is 0 Å². The quantitative estimate of drug-likeness (QED) is 0.475. The van der Waals surface area contributed by atoms with Gasteiger partial charge < -0.3 is 9.15 Å². The van der Waals surface area contributed by atoms with Crippen LogP contribution >= 0.6 is 0 Å². The molecule has 0 saturated heterocycles. The molecule has 3 aromatic rings. The van der Waals surface area contributed by atoms with Crippen molar-refractivity contribution >= 4 is 6.08 Å². The highest BCUT2D eigenvalue weighted by Crippen LogP contribution is 2.23. The molecule has 0 radical (unpaired) electrons. The molecule has 8 nitrogen and oxygen atoms in total. The van der Waals surface area contributed by atoms with Crippen molar-refractivity contribution in [2.75, 3.05) is 7.11 Å². The molecule has 2 aromatic heterocycles. The average Bonchev–Trinajstić information content (AvgIpc) is 3.40. The second-order valence-electron chi connectivity index (χ2n) is 7.11. The molecule has 1 aromatic carbocycles. The molecule has 0 aliphatic carbocycles. The molecule has 2 heterocycles. The first-order valence-corrected chi connectivity index (χ1v) is 10.1. The molecule has 0 spiro atoms. The van der Waals surface area contributed by atoms with Crippen LogP contribution in [0.4, 0.5) is 0 Å². The van der Waals surface area contributed by atoms with Gasteiger partial charge in [0.1, 0.15) is 5.75 Å². The van der Waals surface area contributed by atoms with Crippen molar-refractivity contribution in [2.45, 2.75) is 58.8 Å². The van der Waals surface area contributed by atoms with Gasteiger partial charge in [0, 0.05) is 24.3 Å². The summed E-state index contributed by atoms with van der Waals surface area (Å²) in [6, 6.07) is 5.85. The number of ether oxygens (including phenoxy) is 1. The van der Waals surface area contributed by atoms with E-state index in [-0.39, 0.29) is 5.92 Å². The number of unbranched alkanes of at least 4 members (excludes halogenated alkanes) is 2. The van der Waals surface area contributed by atoms with Gasteiger partial charge in [-0.2, -0.15) is 0 Å².